The lowest BCUT2D eigenvalue weighted by molar-refractivity contribution is 0.200. The van der Waals surface area contributed by atoms with Crippen molar-refractivity contribution in [3.05, 3.63) is 92.3 Å². The molecule has 0 bridgehead atoms. The number of hydrogen-bond acceptors (Lipinski definition) is 8. The third-order valence-corrected chi connectivity index (χ3v) is 5.83. The summed E-state index contributed by atoms with van der Waals surface area (Å²) < 4.78 is 28.6. The molecule has 0 amide bonds. The average molecular weight is 509 g/mol. The summed E-state index contributed by atoms with van der Waals surface area (Å²) in [7, 11) is 3.17. The summed E-state index contributed by atoms with van der Waals surface area (Å²) in [6, 6.07) is 16.6. The van der Waals surface area contributed by atoms with Crippen LogP contribution >= 0.6 is 0 Å². The number of aromatic nitrogens is 2. The van der Waals surface area contributed by atoms with Crippen molar-refractivity contribution in [3.63, 3.8) is 0 Å². The number of rotatable bonds is 11. The number of aliphatic hydroxyl groups excluding tert-OH is 1. The maximum atomic E-state index is 11.6. The van der Waals surface area contributed by atoms with E-state index in [-0.39, 0.29) is 19.8 Å². The Morgan fingerprint density at radius 3 is 2.24 bits per heavy atom. The molecule has 37 heavy (non-hydrogen) atoms. The molecule has 4 aromatic rings. The zero-order chi connectivity index (χ0) is 26.4. The van der Waals surface area contributed by atoms with E-state index in [9.17, 15) is 9.59 Å². The molecule has 0 radical (unpaired) electrons. The maximum Gasteiger partial charge on any atom is 0.440 e. The van der Waals surface area contributed by atoms with Gasteiger partial charge in [-0.3, -0.25) is 0 Å². The van der Waals surface area contributed by atoms with Crippen LogP contribution in [0.25, 0.3) is 11.1 Å². The highest BCUT2D eigenvalue weighted by Gasteiger charge is 2.18. The van der Waals surface area contributed by atoms with Crippen LogP contribution in [0.15, 0.2) is 68.7 Å². The molecule has 10 nitrogen and oxygen atoms in total. The molecule has 194 valence electrons. The van der Waals surface area contributed by atoms with Crippen LogP contribution in [-0.4, -0.2) is 42.3 Å². The van der Waals surface area contributed by atoms with E-state index in [4.69, 9.17) is 28.6 Å². The summed E-state index contributed by atoms with van der Waals surface area (Å²) in [5, 5.41) is 9.07. The Bertz CT molecular complexity index is 1440. The molecule has 1 heterocycles. The molecule has 0 saturated heterocycles. The Kier molecular flexibility index (Phi) is 7.99. The summed E-state index contributed by atoms with van der Waals surface area (Å²) >= 11 is 0. The minimum absolute atomic E-state index is 0.0959. The first-order valence-electron chi connectivity index (χ1n) is 11.5. The molecule has 0 saturated carbocycles. The highest BCUT2D eigenvalue weighted by atomic mass is 16.5. The lowest BCUT2D eigenvalue weighted by atomic mass is 9.95. The van der Waals surface area contributed by atoms with E-state index >= 15 is 0 Å². The molecule has 0 aliphatic heterocycles. The third-order valence-electron chi connectivity index (χ3n) is 5.83. The number of ether oxygens (including phenoxy) is 4. The SMILES string of the molecule is COc1cc(OCCO)cc(OC)c1-c1cccc(COc2ccc(Cn3oc(=O)[nH]c3=O)cc2)c1C. The zero-order valence-electron chi connectivity index (χ0n) is 20.8. The number of nitrogens with one attached hydrogen (secondary N) is 1. The van der Waals surface area contributed by atoms with Gasteiger partial charge in [-0.05, 0) is 41.3 Å². The summed E-state index contributed by atoms with van der Waals surface area (Å²) in [6.07, 6.45) is 0. The molecule has 0 aliphatic carbocycles. The van der Waals surface area contributed by atoms with Crippen molar-refractivity contribution < 1.29 is 28.6 Å². The molecular weight excluding hydrogens is 480 g/mol. The minimum atomic E-state index is -0.788. The predicted molar refractivity (Wildman–Crippen MR) is 136 cm³/mol. The summed E-state index contributed by atoms with van der Waals surface area (Å²) in [5.41, 5.74) is 3.88. The first-order valence-corrected chi connectivity index (χ1v) is 11.5. The molecule has 0 spiro atoms. The minimum Gasteiger partial charge on any atom is -0.496 e. The molecule has 0 aliphatic rings. The van der Waals surface area contributed by atoms with Crippen LogP contribution in [0.5, 0.6) is 23.0 Å². The molecule has 3 aromatic carbocycles. The van der Waals surface area contributed by atoms with Gasteiger partial charge in [0.2, 0.25) is 0 Å². The Morgan fingerprint density at radius 1 is 0.946 bits per heavy atom. The number of H-pyrrole nitrogens is 1. The number of nitrogens with zero attached hydrogens (tertiary/aromatic N) is 1. The monoisotopic (exact) mass is 508 g/mol. The second-order valence-corrected chi connectivity index (χ2v) is 8.14. The van der Waals surface area contributed by atoms with Crippen molar-refractivity contribution in [1.29, 1.82) is 0 Å². The van der Waals surface area contributed by atoms with Crippen LogP contribution in [0.4, 0.5) is 0 Å². The fourth-order valence-electron chi connectivity index (χ4n) is 3.95. The van der Waals surface area contributed by atoms with Gasteiger partial charge in [-0.25, -0.2) is 14.6 Å². The first-order chi connectivity index (χ1) is 17.9. The van der Waals surface area contributed by atoms with Gasteiger partial charge in [-0.2, -0.15) is 0 Å². The van der Waals surface area contributed by atoms with Gasteiger partial charge >= 0.3 is 11.4 Å². The fraction of sp³-hybridized carbons (Fsp3) is 0.259. The van der Waals surface area contributed by atoms with E-state index in [1.54, 1.807) is 50.6 Å². The van der Waals surface area contributed by atoms with Gasteiger partial charge in [0.25, 0.3) is 0 Å². The van der Waals surface area contributed by atoms with Crippen molar-refractivity contribution in [2.24, 2.45) is 0 Å². The third kappa shape index (κ3) is 5.87. The fourth-order valence-corrected chi connectivity index (χ4v) is 3.95. The molecule has 1 aromatic heterocycles. The van der Waals surface area contributed by atoms with Gasteiger partial charge in [0.15, 0.2) is 0 Å². The lowest BCUT2D eigenvalue weighted by Gasteiger charge is -2.19. The number of aromatic amines is 1. The zero-order valence-corrected chi connectivity index (χ0v) is 20.8. The van der Waals surface area contributed by atoms with Crippen molar-refractivity contribution in [2.45, 2.75) is 20.1 Å². The average Bonchev–Trinajstić information content (AvgIpc) is 3.23. The standard InChI is InChI=1S/C27H28N2O8/c1-17-19(16-36-20-9-7-18(8-10-20)15-29-26(31)28-27(32)37-29)5-4-6-22(17)25-23(33-2)13-21(35-12-11-30)14-24(25)34-3/h4-10,13-14,30H,11-12,15-16H2,1-3H3,(H,28,31,32). The number of aliphatic hydroxyl groups is 1. The highest BCUT2D eigenvalue weighted by Crippen LogP contribution is 2.43. The molecule has 2 N–H and O–H groups in total. The molecule has 10 heteroatoms. The summed E-state index contributed by atoms with van der Waals surface area (Å²) in [4.78, 5) is 24.8. The van der Waals surface area contributed by atoms with Crippen molar-refractivity contribution in [2.75, 3.05) is 27.4 Å². The van der Waals surface area contributed by atoms with E-state index in [2.05, 4.69) is 4.98 Å². The molecular formula is C27H28N2O8. The van der Waals surface area contributed by atoms with Crippen LogP contribution in [0.2, 0.25) is 0 Å². The summed E-state index contributed by atoms with van der Waals surface area (Å²) in [6.45, 7) is 2.54. The molecule has 4 rings (SSSR count). The van der Waals surface area contributed by atoms with E-state index in [1.807, 2.05) is 25.1 Å². The molecule has 0 unspecified atom stereocenters. The van der Waals surface area contributed by atoms with Gasteiger partial charge in [-0.15, -0.1) is 4.74 Å². The van der Waals surface area contributed by atoms with Crippen molar-refractivity contribution in [3.8, 4) is 34.1 Å². The van der Waals surface area contributed by atoms with Gasteiger partial charge < -0.3 is 28.6 Å². The van der Waals surface area contributed by atoms with Gasteiger partial charge in [0, 0.05) is 12.1 Å². The van der Waals surface area contributed by atoms with Crippen LogP contribution < -0.4 is 30.4 Å². The van der Waals surface area contributed by atoms with E-state index in [1.165, 1.54) is 0 Å². The Labute approximate surface area is 212 Å². The van der Waals surface area contributed by atoms with Crippen LogP contribution in [0, 0.1) is 6.92 Å². The predicted octanol–water partition coefficient (Wildman–Crippen LogP) is 3.12. The highest BCUT2D eigenvalue weighted by molar-refractivity contribution is 5.81. The largest absolute Gasteiger partial charge is 0.496 e. The Hall–Kier alpha value is -4.44. The number of benzene rings is 3. The second-order valence-electron chi connectivity index (χ2n) is 8.14. The van der Waals surface area contributed by atoms with Gasteiger partial charge in [-0.1, -0.05) is 30.3 Å². The van der Waals surface area contributed by atoms with E-state index in [0.29, 0.717) is 29.6 Å². The van der Waals surface area contributed by atoms with Crippen LogP contribution in [0.1, 0.15) is 16.7 Å². The smallest absolute Gasteiger partial charge is 0.440 e. The molecule has 0 fully saturated rings. The van der Waals surface area contributed by atoms with E-state index in [0.717, 1.165) is 32.6 Å². The topological polar surface area (TPSA) is 125 Å². The second kappa shape index (κ2) is 11.5. The first kappa shape index (κ1) is 25.6. The lowest BCUT2D eigenvalue weighted by Crippen LogP contribution is -2.17. The number of hydrogen-bond donors (Lipinski definition) is 2. The van der Waals surface area contributed by atoms with Gasteiger partial charge in [0.1, 0.15) is 36.2 Å². The van der Waals surface area contributed by atoms with Crippen LogP contribution in [-0.2, 0) is 13.2 Å². The number of methoxy groups -OCH3 is 2. The normalized spacial score (nSPS) is 10.8. The van der Waals surface area contributed by atoms with E-state index < -0.39 is 11.4 Å². The van der Waals surface area contributed by atoms with Crippen molar-refractivity contribution in [1.82, 2.24) is 9.72 Å². The van der Waals surface area contributed by atoms with Crippen LogP contribution in [0.3, 0.4) is 0 Å². The summed E-state index contributed by atoms with van der Waals surface area (Å²) in [5.74, 6) is 1.57. The quantitative estimate of drug-likeness (QED) is 0.317. The van der Waals surface area contributed by atoms with Crippen molar-refractivity contribution >= 4 is 0 Å². The Morgan fingerprint density at radius 2 is 1.65 bits per heavy atom. The molecule has 0 atom stereocenters. The van der Waals surface area contributed by atoms with Gasteiger partial charge in [0.05, 0.1) is 32.9 Å². The Balaban J connectivity index is 1.53. The maximum absolute atomic E-state index is 11.6.